The van der Waals surface area contributed by atoms with E-state index < -0.39 is 67.4 Å². The van der Waals surface area contributed by atoms with Gasteiger partial charge >= 0.3 is 5.97 Å². The minimum Gasteiger partial charge on any atom is -0.454 e. The van der Waals surface area contributed by atoms with E-state index in [0.29, 0.717) is 12.8 Å². The standard InChI is InChI=1S/C62H117NO10/c1-4-7-10-13-16-19-22-24-25-26-27-28-29-30-31-33-35-38-41-44-47-50-57(67)73-60-59(69)58(68)56(51-64)72-62(60)71-52-53(54(65)48-45-42-39-37-34-32-23-20-17-14-11-8-5-2)63-61(70)55(66)49-46-43-40-36-21-18-15-12-9-6-3/h15,18,45,48,53-56,58-60,62,64-66,68-69H,4-14,16-17,19-44,46-47,49-52H2,1-3H3,(H,63,70)/b18-15-,48-45+. The molecule has 1 aliphatic heterocycles. The fraction of sp³-hybridized carbons (Fsp3) is 0.903. The Labute approximate surface area is 448 Å². The summed E-state index contributed by atoms with van der Waals surface area (Å²) in [6.45, 7) is 5.76. The Bertz CT molecular complexity index is 1280. The van der Waals surface area contributed by atoms with E-state index in [2.05, 4.69) is 38.2 Å². The quantitative estimate of drug-likeness (QED) is 0.0195. The Morgan fingerprint density at radius 2 is 0.918 bits per heavy atom. The summed E-state index contributed by atoms with van der Waals surface area (Å²) in [5, 5.41) is 56.8. The number of aliphatic hydroxyl groups is 5. The predicted molar refractivity (Wildman–Crippen MR) is 301 cm³/mol. The van der Waals surface area contributed by atoms with Crippen molar-refractivity contribution in [3.63, 3.8) is 0 Å². The van der Waals surface area contributed by atoms with E-state index in [1.807, 2.05) is 6.08 Å². The lowest BCUT2D eigenvalue weighted by Gasteiger charge is -2.41. The molecule has 430 valence electrons. The van der Waals surface area contributed by atoms with Gasteiger partial charge in [-0.15, -0.1) is 0 Å². The number of unbranched alkanes of at least 4 members (excludes halogenated alkanes) is 37. The van der Waals surface area contributed by atoms with Gasteiger partial charge in [0.25, 0.3) is 0 Å². The highest BCUT2D eigenvalue weighted by atomic mass is 16.7. The van der Waals surface area contributed by atoms with Gasteiger partial charge in [0.05, 0.1) is 25.4 Å². The Morgan fingerprint density at radius 1 is 0.521 bits per heavy atom. The van der Waals surface area contributed by atoms with Gasteiger partial charge in [-0.2, -0.15) is 0 Å². The predicted octanol–water partition coefficient (Wildman–Crippen LogP) is 14.5. The van der Waals surface area contributed by atoms with Crippen LogP contribution in [0, 0.1) is 0 Å². The Balaban J connectivity index is 2.62. The van der Waals surface area contributed by atoms with Crippen molar-refractivity contribution in [2.45, 2.75) is 346 Å². The van der Waals surface area contributed by atoms with Crippen molar-refractivity contribution in [1.29, 1.82) is 0 Å². The largest absolute Gasteiger partial charge is 0.454 e. The van der Waals surface area contributed by atoms with Crippen molar-refractivity contribution < 1.29 is 49.3 Å². The molecule has 1 amide bonds. The number of hydrogen-bond acceptors (Lipinski definition) is 10. The van der Waals surface area contributed by atoms with Crippen molar-refractivity contribution in [3.05, 3.63) is 24.3 Å². The fourth-order valence-corrected chi connectivity index (χ4v) is 9.87. The zero-order chi connectivity index (χ0) is 53.3. The van der Waals surface area contributed by atoms with Gasteiger partial charge in [0.15, 0.2) is 12.4 Å². The van der Waals surface area contributed by atoms with Crippen molar-refractivity contribution in [2.75, 3.05) is 13.2 Å². The van der Waals surface area contributed by atoms with Crippen molar-refractivity contribution in [1.82, 2.24) is 5.32 Å². The summed E-state index contributed by atoms with van der Waals surface area (Å²) in [6.07, 6.45) is 48.0. The van der Waals surface area contributed by atoms with Crippen LogP contribution in [0.1, 0.15) is 297 Å². The SMILES string of the molecule is CCCC/C=C\CCCCCCC(O)C(=O)NC(COC1OC(CO)C(O)C(O)C1OC(=O)CCCCCCCCCCCCCCCCCCCCCCC)C(O)/C=C/CCCCCCCCCCCCC. The van der Waals surface area contributed by atoms with E-state index in [1.165, 1.54) is 180 Å². The van der Waals surface area contributed by atoms with E-state index in [4.69, 9.17) is 14.2 Å². The highest BCUT2D eigenvalue weighted by Crippen LogP contribution is 2.26. The van der Waals surface area contributed by atoms with Gasteiger partial charge < -0.3 is 45.1 Å². The number of allylic oxidation sites excluding steroid dienone is 3. The molecule has 1 heterocycles. The number of nitrogens with one attached hydrogen (secondary N) is 1. The minimum atomic E-state index is -1.61. The zero-order valence-electron chi connectivity index (χ0n) is 47.5. The number of rotatable bonds is 53. The molecular weight excluding hydrogens is 919 g/mol. The third-order valence-corrected chi connectivity index (χ3v) is 14.9. The smallest absolute Gasteiger partial charge is 0.306 e. The van der Waals surface area contributed by atoms with Crippen LogP contribution in [0.15, 0.2) is 24.3 Å². The van der Waals surface area contributed by atoms with Crippen LogP contribution >= 0.6 is 0 Å². The first kappa shape index (κ1) is 69.2. The molecule has 1 aliphatic rings. The third kappa shape index (κ3) is 39.2. The molecule has 73 heavy (non-hydrogen) atoms. The molecule has 0 aromatic carbocycles. The van der Waals surface area contributed by atoms with Crippen molar-refractivity contribution in [3.8, 4) is 0 Å². The van der Waals surface area contributed by atoms with Crippen LogP contribution < -0.4 is 5.32 Å². The van der Waals surface area contributed by atoms with Crippen LogP contribution in [-0.2, 0) is 23.8 Å². The highest BCUT2D eigenvalue weighted by Gasteiger charge is 2.47. The second-order valence-corrected chi connectivity index (χ2v) is 21.8. The lowest BCUT2D eigenvalue weighted by Crippen LogP contribution is -2.61. The van der Waals surface area contributed by atoms with E-state index >= 15 is 0 Å². The van der Waals surface area contributed by atoms with E-state index in [1.54, 1.807) is 6.08 Å². The molecule has 11 heteroatoms. The number of esters is 1. The molecule has 0 radical (unpaired) electrons. The molecule has 1 fully saturated rings. The molecule has 8 unspecified atom stereocenters. The van der Waals surface area contributed by atoms with Gasteiger partial charge in [0.2, 0.25) is 5.91 Å². The molecule has 1 saturated heterocycles. The first-order valence-electron chi connectivity index (χ1n) is 31.1. The normalized spacial score (nSPS) is 19.5. The monoisotopic (exact) mass is 1040 g/mol. The molecule has 0 saturated carbocycles. The summed E-state index contributed by atoms with van der Waals surface area (Å²) >= 11 is 0. The number of ether oxygens (including phenoxy) is 3. The first-order chi connectivity index (χ1) is 35.7. The van der Waals surface area contributed by atoms with Crippen LogP contribution in [0.4, 0.5) is 0 Å². The molecule has 0 aromatic heterocycles. The number of aliphatic hydroxyl groups excluding tert-OH is 5. The van der Waals surface area contributed by atoms with Gasteiger partial charge in [0, 0.05) is 6.42 Å². The van der Waals surface area contributed by atoms with Gasteiger partial charge in [0.1, 0.15) is 24.4 Å². The van der Waals surface area contributed by atoms with Crippen LogP contribution in [0.5, 0.6) is 0 Å². The van der Waals surface area contributed by atoms with Crippen LogP contribution in [0.2, 0.25) is 0 Å². The fourth-order valence-electron chi connectivity index (χ4n) is 9.87. The molecule has 0 aromatic rings. The second-order valence-electron chi connectivity index (χ2n) is 21.8. The van der Waals surface area contributed by atoms with E-state index in [9.17, 15) is 35.1 Å². The average Bonchev–Trinajstić information content (AvgIpc) is 3.39. The minimum absolute atomic E-state index is 0.129. The second kappa shape index (κ2) is 50.9. The molecule has 11 nitrogen and oxygen atoms in total. The lowest BCUT2D eigenvalue weighted by molar-refractivity contribution is -0.305. The van der Waals surface area contributed by atoms with E-state index in [0.717, 1.165) is 70.6 Å². The van der Waals surface area contributed by atoms with Gasteiger partial charge in [-0.25, -0.2) is 0 Å². The summed E-state index contributed by atoms with van der Waals surface area (Å²) in [5.74, 6) is -1.19. The maximum atomic E-state index is 13.3. The summed E-state index contributed by atoms with van der Waals surface area (Å²) in [4.78, 5) is 26.5. The summed E-state index contributed by atoms with van der Waals surface area (Å²) in [5.41, 5.74) is 0. The lowest BCUT2D eigenvalue weighted by atomic mass is 9.99. The molecular formula is C62H117NO10. The molecule has 1 rings (SSSR count). The molecule has 6 N–H and O–H groups in total. The number of amides is 1. The Hall–Kier alpha value is -1.86. The maximum Gasteiger partial charge on any atom is 0.306 e. The molecule has 0 spiro atoms. The molecule has 8 atom stereocenters. The molecule has 0 bridgehead atoms. The number of carbonyl (C=O) groups excluding carboxylic acids is 2. The van der Waals surface area contributed by atoms with E-state index in [-0.39, 0.29) is 19.4 Å². The maximum absolute atomic E-state index is 13.3. The van der Waals surface area contributed by atoms with Crippen molar-refractivity contribution in [2.24, 2.45) is 0 Å². The Morgan fingerprint density at radius 3 is 1.37 bits per heavy atom. The van der Waals surface area contributed by atoms with Gasteiger partial charge in [-0.05, 0) is 44.9 Å². The zero-order valence-corrected chi connectivity index (χ0v) is 47.5. The summed E-state index contributed by atoms with van der Waals surface area (Å²) in [7, 11) is 0. The number of carbonyl (C=O) groups is 2. The highest BCUT2D eigenvalue weighted by molar-refractivity contribution is 5.80. The topological polar surface area (TPSA) is 175 Å². The van der Waals surface area contributed by atoms with Crippen molar-refractivity contribution >= 4 is 11.9 Å². The summed E-state index contributed by atoms with van der Waals surface area (Å²) < 4.78 is 17.6. The van der Waals surface area contributed by atoms with Crippen LogP contribution in [-0.4, -0.2) is 99.6 Å². The Kier molecular flexibility index (Phi) is 48.2. The van der Waals surface area contributed by atoms with Gasteiger partial charge in [-0.3, -0.25) is 9.59 Å². The van der Waals surface area contributed by atoms with Crippen LogP contribution in [0.25, 0.3) is 0 Å². The first-order valence-corrected chi connectivity index (χ1v) is 31.1. The summed E-state index contributed by atoms with van der Waals surface area (Å²) in [6, 6.07) is -1.02. The average molecular weight is 1040 g/mol. The van der Waals surface area contributed by atoms with Crippen LogP contribution in [0.3, 0.4) is 0 Å². The third-order valence-electron chi connectivity index (χ3n) is 14.9. The molecule has 0 aliphatic carbocycles. The van der Waals surface area contributed by atoms with Gasteiger partial charge in [-0.1, -0.05) is 270 Å². The number of hydrogen-bond donors (Lipinski definition) is 6.